The van der Waals surface area contributed by atoms with Crippen molar-refractivity contribution in [3.05, 3.63) is 59.9 Å². The highest BCUT2D eigenvalue weighted by Gasteiger charge is 2.34. The molecule has 1 aromatic heterocycles. The molecule has 1 atom stereocenters. The van der Waals surface area contributed by atoms with E-state index in [0.717, 1.165) is 34.7 Å². The summed E-state index contributed by atoms with van der Waals surface area (Å²) in [6, 6.07) is 16.2. The Morgan fingerprint density at radius 2 is 1.89 bits per heavy atom. The van der Waals surface area contributed by atoms with Crippen LogP contribution < -0.4 is 4.74 Å². The molecule has 2 aromatic carbocycles. The van der Waals surface area contributed by atoms with Gasteiger partial charge in [0.2, 0.25) is 5.91 Å². The summed E-state index contributed by atoms with van der Waals surface area (Å²) in [6.45, 7) is 6.69. The number of amides is 1. The Kier molecular flexibility index (Phi) is 5.07. The second kappa shape index (κ2) is 7.66. The van der Waals surface area contributed by atoms with E-state index < -0.39 is 0 Å². The van der Waals surface area contributed by atoms with Crippen LogP contribution in [0.25, 0.3) is 11.0 Å². The molecule has 1 fully saturated rings. The van der Waals surface area contributed by atoms with Crippen LogP contribution in [0.15, 0.2) is 48.5 Å². The van der Waals surface area contributed by atoms with Crippen LogP contribution in [0, 0.1) is 5.92 Å². The molecule has 3 aromatic rings. The number of ether oxygens (including phenoxy) is 1. The van der Waals surface area contributed by atoms with E-state index in [1.807, 2.05) is 35.2 Å². The summed E-state index contributed by atoms with van der Waals surface area (Å²) in [5.74, 6) is 2.72. The molecule has 5 nitrogen and oxygen atoms in total. The minimum absolute atomic E-state index is 0.136. The zero-order valence-electron chi connectivity index (χ0n) is 16.8. The number of carbonyl (C=O) groups excluding carboxylic acids is 1. The average molecular weight is 377 g/mol. The third kappa shape index (κ3) is 3.61. The first-order valence-electron chi connectivity index (χ1n) is 9.91. The molecule has 0 spiro atoms. The summed E-state index contributed by atoms with van der Waals surface area (Å²) in [7, 11) is 1.66. The topological polar surface area (TPSA) is 47.4 Å². The fraction of sp³-hybridized carbons (Fsp3) is 0.391. The molecule has 0 aliphatic carbocycles. The van der Waals surface area contributed by atoms with Gasteiger partial charge in [0, 0.05) is 32.0 Å². The summed E-state index contributed by atoms with van der Waals surface area (Å²) in [5.41, 5.74) is 3.29. The van der Waals surface area contributed by atoms with Crippen LogP contribution >= 0.6 is 0 Å². The SMILES string of the molecule is COc1ccc(CN2C[C@H](c3nc4ccccc4n3CC(C)C)CC2=O)cc1. The number of hydrogen-bond donors (Lipinski definition) is 0. The van der Waals surface area contributed by atoms with Crippen LogP contribution in [0.5, 0.6) is 5.75 Å². The van der Waals surface area contributed by atoms with E-state index in [1.165, 1.54) is 0 Å². The molecule has 5 heteroatoms. The van der Waals surface area contributed by atoms with Gasteiger partial charge in [0.15, 0.2) is 0 Å². The van der Waals surface area contributed by atoms with Crippen LogP contribution in [0.4, 0.5) is 0 Å². The lowest BCUT2D eigenvalue weighted by atomic mass is 10.1. The second-order valence-electron chi connectivity index (χ2n) is 7.99. The molecule has 146 valence electrons. The molecule has 0 unspecified atom stereocenters. The molecule has 0 bridgehead atoms. The lowest BCUT2D eigenvalue weighted by Gasteiger charge is -2.18. The minimum Gasteiger partial charge on any atom is -0.497 e. The first kappa shape index (κ1) is 18.5. The zero-order valence-corrected chi connectivity index (χ0v) is 16.8. The molecule has 1 aliphatic rings. The van der Waals surface area contributed by atoms with E-state index >= 15 is 0 Å². The van der Waals surface area contributed by atoms with Gasteiger partial charge in [-0.2, -0.15) is 0 Å². The molecular weight excluding hydrogens is 350 g/mol. The van der Waals surface area contributed by atoms with E-state index in [1.54, 1.807) is 7.11 Å². The molecule has 28 heavy (non-hydrogen) atoms. The van der Waals surface area contributed by atoms with Gasteiger partial charge in [-0.05, 0) is 35.7 Å². The van der Waals surface area contributed by atoms with Crippen molar-refractivity contribution in [2.45, 2.75) is 39.3 Å². The zero-order chi connectivity index (χ0) is 19.7. The molecule has 2 heterocycles. The normalized spacial score (nSPS) is 17.1. The Morgan fingerprint density at radius 1 is 1.14 bits per heavy atom. The predicted octanol–water partition coefficient (Wildman–Crippen LogP) is 4.22. The lowest BCUT2D eigenvalue weighted by Crippen LogP contribution is -2.24. The van der Waals surface area contributed by atoms with Crippen molar-refractivity contribution >= 4 is 16.9 Å². The highest BCUT2D eigenvalue weighted by molar-refractivity contribution is 5.81. The van der Waals surface area contributed by atoms with Gasteiger partial charge in [0.05, 0.1) is 18.1 Å². The fourth-order valence-electron chi connectivity index (χ4n) is 4.01. The summed E-state index contributed by atoms with van der Waals surface area (Å²) in [4.78, 5) is 19.6. The average Bonchev–Trinajstić information content (AvgIpc) is 3.23. The molecule has 1 aliphatic heterocycles. The van der Waals surface area contributed by atoms with Gasteiger partial charge in [-0.1, -0.05) is 38.1 Å². The number of imidazole rings is 1. The monoisotopic (exact) mass is 377 g/mol. The number of aromatic nitrogens is 2. The first-order valence-corrected chi connectivity index (χ1v) is 9.91. The summed E-state index contributed by atoms with van der Waals surface area (Å²) < 4.78 is 7.53. The highest BCUT2D eigenvalue weighted by Crippen LogP contribution is 2.32. The number of rotatable bonds is 6. The Labute approximate surface area is 165 Å². The Bertz CT molecular complexity index is 975. The summed E-state index contributed by atoms with van der Waals surface area (Å²) in [5, 5.41) is 0. The maximum Gasteiger partial charge on any atom is 0.223 e. The van der Waals surface area contributed by atoms with Gasteiger partial charge >= 0.3 is 0 Å². The molecule has 0 N–H and O–H groups in total. The number of fused-ring (bicyclic) bond motifs is 1. The van der Waals surface area contributed by atoms with Crippen LogP contribution in [0.2, 0.25) is 0 Å². The first-order chi connectivity index (χ1) is 13.5. The molecular formula is C23H27N3O2. The third-order valence-electron chi connectivity index (χ3n) is 5.34. The van der Waals surface area contributed by atoms with Crippen molar-refractivity contribution in [1.29, 1.82) is 0 Å². The number of benzene rings is 2. The number of para-hydroxylation sites is 2. The lowest BCUT2D eigenvalue weighted by molar-refractivity contribution is -0.128. The number of nitrogens with zero attached hydrogens (tertiary/aromatic N) is 3. The maximum absolute atomic E-state index is 12.7. The van der Waals surface area contributed by atoms with Crippen molar-refractivity contribution in [1.82, 2.24) is 14.5 Å². The number of hydrogen-bond acceptors (Lipinski definition) is 3. The van der Waals surface area contributed by atoms with E-state index in [2.05, 4.69) is 36.6 Å². The van der Waals surface area contributed by atoms with Crippen molar-refractivity contribution in [2.24, 2.45) is 5.92 Å². The highest BCUT2D eigenvalue weighted by atomic mass is 16.5. The Balaban J connectivity index is 1.58. The van der Waals surface area contributed by atoms with Gasteiger partial charge in [-0.15, -0.1) is 0 Å². The fourth-order valence-corrected chi connectivity index (χ4v) is 4.01. The van der Waals surface area contributed by atoms with E-state index in [0.29, 0.717) is 25.4 Å². The van der Waals surface area contributed by atoms with Gasteiger partial charge < -0.3 is 14.2 Å². The predicted molar refractivity (Wildman–Crippen MR) is 110 cm³/mol. The van der Waals surface area contributed by atoms with Crippen molar-refractivity contribution in [3.63, 3.8) is 0 Å². The molecule has 0 radical (unpaired) electrons. The largest absolute Gasteiger partial charge is 0.497 e. The third-order valence-corrected chi connectivity index (χ3v) is 5.34. The van der Waals surface area contributed by atoms with Gasteiger partial charge in [0.25, 0.3) is 0 Å². The second-order valence-corrected chi connectivity index (χ2v) is 7.99. The maximum atomic E-state index is 12.7. The summed E-state index contributed by atoms with van der Waals surface area (Å²) >= 11 is 0. The standard InChI is InChI=1S/C23H27N3O2/c1-16(2)13-26-21-7-5-4-6-20(21)24-23(26)18-12-22(27)25(15-18)14-17-8-10-19(28-3)11-9-17/h4-11,16,18H,12-15H2,1-3H3/t18-/m1/s1. The quantitative estimate of drug-likeness (QED) is 0.646. The van der Waals surface area contributed by atoms with Gasteiger partial charge in [0.1, 0.15) is 11.6 Å². The summed E-state index contributed by atoms with van der Waals surface area (Å²) in [6.07, 6.45) is 0.525. The molecule has 1 amide bonds. The van der Waals surface area contributed by atoms with Gasteiger partial charge in [-0.25, -0.2) is 4.98 Å². The molecule has 0 saturated carbocycles. The van der Waals surface area contributed by atoms with Crippen LogP contribution in [-0.4, -0.2) is 34.0 Å². The van der Waals surface area contributed by atoms with E-state index in [4.69, 9.17) is 9.72 Å². The van der Waals surface area contributed by atoms with E-state index in [9.17, 15) is 4.79 Å². The minimum atomic E-state index is 0.136. The Hall–Kier alpha value is -2.82. The van der Waals surface area contributed by atoms with Crippen molar-refractivity contribution in [3.8, 4) is 5.75 Å². The van der Waals surface area contributed by atoms with Crippen LogP contribution in [0.3, 0.4) is 0 Å². The smallest absolute Gasteiger partial charge is 0.223 e. The van der Waals surface area contributed by atoms with Crippen molar-refractivity contribution in [2.75, 3.05) is 13.7 Å². The Morgan fingerprint density at radius 3 is 2.61 bits per heavy atom. The molecule has 1 saturated heterocycles. The molecule has 4 rings (SSSR count). The van der Waals surface area contributed by atoms with Crippen LogP contribution in [-0.2, 0) is 17.9 Å². The number of carbonyl (C=O) groups is 1. The van der Waals surface area contributed by atoms with Crippen LogP contribution in [0.1, 0.15) is 37.6 Å². The van der Waals surface area contributed by atoms with Gasteiger partial charge in [-0.3, -0.25) is 4.79 Å². The van der Waals surface area contributed by atoms with E-state index in [-0.39, 0.29) is 11.8 Å². The van der Waals surface area contributed by atoms with Crippen molar-refractivity contribution < 1.29 is 9.53 Å². The number of methoxy groups -OCH3 is 1. The number of likely N-dealkylation sites (tertiary alicyclic amines) is 1.